The van der Waals surface area contributed by atoms with Gasteiger partial charge in [-0.25, -0.2) is 10.4 Å². The average molecular weight is 371 g/mol. The Kier molecular flexibility index (Phi) is 4.53. The number of nitrogens with one attached hydrogen (secondary N) is 1. The largest absolute Gasteiger partial charge is 0.454 e. The van der Waals surface area contributed by atoms with Crippen LogP contribution in [0.4, 0.5) is 0 Å². The summed E-state index contributed by atoms with van der Waals surface area (Å²) in [5.41, 5.74) is 4.29. The number of hydrogen-bond acceptors (Lipinski definition) is 7. The fourth-order valence-electron chi connectivity index (χ4n) is 2.24. The van der Waals surface area contributed by atoms with Crippen molar-refractivity contribution in [3.05, 3.63) is 48.0 Å². The number of thiazole rings is 1. The monoisotopic (exact) mass is 371 g/mol. The van der Waals surface area contributed by atoms with Crippen molar-refractivity contribution in [2.45, 2.75) is 4.34 Å². The highest BCUT2D eigenvalue weighted by Gasteiger charge is 2.12. The summed E-state index contributed by atoms with van der Waals surface area (Å²) in [6, 6.07) is 13.4. The summed E-state index contributed by atoms with van der Waals surface area (Å²) in [5.74, 6) is 1.48. The Labute approximate surface area is 151 Å². The van der Waals surface area contributed by atoms with Crippen LogP contribution < -0.4 is 14.9 Å². The molecule has 2 heterocycles. The third-order valence-corrected chi connectivity index (χ3v) is 5.58. The summed E-state index contributed by atoms with van der Waals surface area (Å²) < 4.78 is 12.5. The van der Waals surface area contributed by atoms with E-state index in [1.807, 2.05) is 42.5 Å². The van der Waals surface area contributed by atoms with Crippen molar-refractivity contribution in [2.75, 3.05) is 12.5 Å². The first kappa shape index (κ1) is 15.9. The summed E-state index contributed by atoms with van der Waals surface area (Å²) >= 11 is 2.98. The van der Waals surface area contributed by atoms with E-state index in [9.17, 15) is 4.79 Å². The van der Waals surface area contributed by atoms with Crippen LogP contribution in [0, 0.1) is 0 Å². The summed E-state index contributed by atoms with van der Waals surface area (Å²) in [6.45, 7) is 0.232. The molecule has 0 spiro atoms. The van der Waals surface area contributed by atoms with Crippen LogP contribution in [-0.4, -0.2) is 29.7 Å². The number of hydrazone groups is 1. The maximum absolute atomic E-state index is 11.9. The molecule has 0 saturated heterocycles. The van der Waals surface area contributed by atoms with Gasteiger partial charge in [-0.2, -0.15) is 5.10 Å². The fraction of sp³-hybridized carbons (Fsp3) is 0.118. The van der Waals surface area contributed by atoms with Crippen LogP contribution in [-0.2, 0) is 4.79 Å². The molecule has 0 unspecified atom stereocenters. The van der Waals surface area contributed by atoms with Crippen LogP contribution >= 0.6 is 23.1 Å². The molecular formula is C17H13N3O3S2. The lowest BCUT2D eigenvalue weighted by molar-refractivity contribution is -0.118. The smallest absolute Gasteiger partial charge is 0.250 e. The van der Waals surface area contributed by atoms with Gasteiger partial charge >= 0.3 is 0 Å². The van der Waals surface area contributed by atoms with Crippen LogP contribution in [0.15, 0.2) is 51.9 Å². The van der Waals surface area contributed by atoms with E-state index in [4.69, 9.17) is 9.47 Å². The molecule has 1 N–H and O–H groups in total. The molecule has 1 aromatic heterocycles. The second-order valence-electron chi connectivity index (χ2n) is 5.14. The standard InChI is InChI=1S/C17H13N3O3S2/c21-16(9-24-17-19-12-3-1-2-4-15(12)25-17)20-18-8-11-5-6-13-14(7-11)23-10-22-13/h1-8H,9-10H2,(H,20,21). The first-order valence-electron chi connectivity index (χ1n) is 7.48. The Morgan fingerprint density at radius 1 is 1.28 bits per heavy atom. The van der Waals surface area contributed by atoms with Gasteiger partial charge in [-0.3, -0.25) is 4.79 Å². The van der Waals surface area contributed by atoms with Crippen LogP contribution in [0.5, 0.6) is 11.5 Å². The van der Waals surface area contributed by atoms with Crippen molar-refractivity contribution < 1.29 is 14.3 Å². The highest BCUT2D eigenvalue weighted by molar-refractivity contribution is 8.01. The zero-order chi connectivity index (χ0) is 17.1. The number of fused-ring (bicyclic) bond motifs is 2. The molecule has 1 aliphatic heterocycles. The Bertz CT molecular complexity index is 922. The summed E-state index contributed by atoms with van der Waals surface area (Å²) in [4.78, 5) is 16.4. The molecule has 2 aromatic carbocycles. The zero-order valence-electron chi connectivity index (χ0n) is 13.0. The number of rotatable bonds is 5. The van der Waals surface area contributed by atoms with Gasteiger partial charge in [0, 0.05) is 0 Å². The first-order valence-corrected chi connectivity index (χ1v) is 9.28. The topological polar surface area (TPSA) is 72.8 Å². The van der Waals surface area contributed by atoms with Crippen molar-refractivity contribution in [1.82, 2.24) is 10.4 Å². The van der Waals surface area contributed by atoms with Crippen molar-refractivity contribution in [2.24, 2.45) is 5.10 Å². The maximum atomic E-state index is 11.9. The van der Waals surface area contributed by atoms with Crippen molar-refractivity contribution in [1.29, 1.82) is 0 Å². The first-order chi connectivity index (χ1) is 12.3. The number of ether oxygens (including phenoxy) is 2. The van der Waals surface area contributed by atoms with E-state index in [1.165, 1.54) is 11.8 Å². The van der Waals surface area contributed by atoms with Gasteiger partial charge in [-0.15, -0.1) is 11.3 Å². The van der Waals surface area contributed by atoms with Crippen LogP contribution in [0.1, 0.15) is 5.56 Å². The van der Waals surface area contributed by atoms with E-state index < -0.39 is 0 Å². The van der Waals surface area contributed by atoms with Crippen molar-refractivity contribution in [3.63, 3.8) is 0 Å². The summed E-state index contributed by atoms with van der Waals surface area (Å²) in [6.07, 6.45) is 1.57. The van der Waals surface area contributed by atoms with E-state index in [0.29, 0.717) is 11.5 Å². The van der Waals surface area contributed by atoms with Crippen molar-refractivity contribution >= 4 is 45.4 Å². The van der Waals surface area contributed by atoms with E-state index in [2.05, 4.69) is 15.5 Å². The highest BCUT2D eigenvalue weighted by atomic mass is 32.2. The molecular weight excluding hydrogens is 358 g/mol. The Hall–Kier alpha value is -2.58. The number of thioether (sulfide) groups is 1. The molecule has 0 radical (unpaired) electrons. The SMILES string of the molecule is O=C(CSc1nc2ccccc2s1)NN=Cc1ccc2c(c1)OCO2. The average Bonchev–Trinajstić information content (AvgIpc) is 3.25. The lowest BCUT2D eigenvalue weighted by Crippen LogP contribution is -2.19. The fourth-order valence-corrected chi connectivity index (χ4v) is 4.11. The predicted molar refractivity (Wildman–Crippen MR) is 98.6 cm³/mol. The molecule has 1 amide bonds. The number of carbonyl (C=O) groups excluding carboxylic acids is 1. The minimum atomic E-state index is -0.179. The highest BCUT2D eigenvalue weighted by Crippen LogP contribution is 2.32. The number of nitrogens with zero attached hydrogens (tertiary/aromatic N) is 2. The van der Waals surface area contributed by atoms with E-state index in [-0.39, 0.29) is 18.5 Å². The van der Waals surface area contributed by atoms with E-state index >= 15 is 0 Å². The third-order valence-electron chi connectivity index (χ3n) is 3.40. The number of amides is 1. The third kappa shape index (κ3) is 3.75. The Balaban J connectivity index is 1.30. The molecule has 4 rings (SSSR count). The van der Waals surface area contributed by atoms with Gasteiger partial charge in [0.15, 0.2) is 15.8 Å². The van der Waals surface area contributed by atoms with Crippen LogP contribution in [0.2, 0.25) is 0 Å². The molecule has 6 nitrogen and oxygen atoms in total. The molecule has 0 saturated carbocycles. The molecule has 0 aliphatic carbocycles. The summed E-state index contributed by atoms with van der Waals surface area (Å²) in [7, 11) is 0. The summed E-state index contributed by atoms with van der Waals surface area (Å²) in [5, 5.41) is 3.97. The molecule has 0 fully saturated rings. The molecule has 0 atom stereocenters. The minimum Gasteiger partial charge on any atom is -0.454 e. The minimum absolute atomic E-state index is 0.179. The molecule has 3 aromatic rings. The van der Waals surface area contributed by atoms with E-state index in [1.54, 1.807) is 17.6 Å². The number of para-hydroxylation sites is 1. The molecule has 1 aliphatic rings. The van der Waals surface area contributed by atoms with E-state index in [0.717, 1.165) is 20.1 Å². The normalized spacial score (nSPS) is 12.8. The maximum Gasteiger partial charge on any atom is 0.250 e. The number of hydrogen-bond donors (Lipinski definition) is 1. The molecule has 126 valence electrons. The number of benzene rings is 2. The second kappa shape index (κ2) is 7.12. The van der Waals surface area contributed by atoms with Gasteiger partial charge in [0.05, 0.1) is 22.2 Å². The van der Waals surface area contributed by atoms with Gasteiger partial charge in [-0.05, 0) is 35.9 Å². The molecule has 8 heteroatoms. The van der Waals surface area contributed by atoms with Crippen LogP contribution in [0.3, 0.4) is 0 Å². The Morgan fingerprint density at radius 2 is 2.16 bits per heavy atom. The lowest BCUT2D eigenvalue weighted by atomic mass is 10.2. The van der Waals surface area contributed by atoms with Gasteiger partial charge < -0.3 is 9.47 Å². The van der Waals surface area contributed by atoms with Gasteiger partial charge in [-0.1, -0.05) is 23.9 Å². The van der Waals surface area contributed by atoms with Gasteiger partial charge in [0.1, 0.15) is 0 Å². The second-order valence-corrected chi connectivity index (χ2v) is 7.40. The lowest BCUT2D eigenvalue weighted by Gasteiger charge is -1.99. The van der Waals surface area contributed by atoms with Gasteiger partial charge in [0.25, 0.3) is 5.91 Å². The number of aromatic nitrogens is 1. The van der Waals surface area contributed by atoms with Crippen LogP contribution in [0.25, 0.3) is 10.2 Å². The van der Waals surface area contributed by atoms with Crippen molar-refractivity contribution in [3.8, 4) is 11.5 Å². The quantitative estimate of drug-likeness (QED) is 0.423. The Morgan fingerprint density at radius 3 is 3.08 bits per heavy atom. The molecule has 0 bridgehead atoms. The zero-order valence-corrected chi connectivity index (χ0v) is 14.6. The number of carbonyl (C=O) groups is 1. The van der Waals surface area contributed by atoms with Gasteiger partial charge in [0.2, 0.25) is 6.79 Å². The molecule has 25 heavy (non-hydrogen) atoms. The predicted octanol–water partition coefficient (Wildman–Crippen LogP) is 3.27.